The molecule has 6 aromatic carbocycles. The number of nitrogen functional groups attached to an aromatic ring is 1. The van der Waals surface area contributed by atoms with Crippen LogP contribution in [0.3, 0.4) is 0 Å². The molecule has 19 rings (SSSR count). The average Bonchev–Trinajstić information content (AvgIpc) is 1.64. The van der Waals surface area contributed by atoms with Crippen LogP contribution in [-0.2, 0) is 93.2 Å². The van der Waals surface area contributed by atoms with Crippen LogP contribution in [-0.4, -0.2) is 215 Å². The first kappa shape index (κ1) is 105. The maximum atomic E-state index is 12.1. The number of hydrogen-bond acceptors (Lipinski definition) is 31. The summed E-state index contributed by atoms with van der Waals surface area (Å²) in [6.07, 6.45) is 3.72. The molecule has 14 aromatic rings. The average molecular weight is 2100 g/mol. The Labute approximate surface area is 843 Å². The number of pyridine rings is 3. The van der Waals surface area contributed by atoms with E-state index in [0.717, 1.165) is 202 Å². The van der Waals surface area contributed by atoms with Crippen LogP contribution in [0.1, 0.15) is 83.5 Å². The Morgan fingerprint density at radius 3 is 0.944 bits per heavy atom. The van der Waals surface area contributed by atoms with E-state index in [9.17, 15) is 50.0 Å². The minimum Gasteiger partial charge on any atom is -0.496 e. The quantitative estimate of drug-likeness (QED) is 0.0310. The van der Waals surface area contributed by atoms with Gasteiger partial charge in [0.15, 0.2) is 28.7 Å². The van der Waals surface area contributed by atoms with Crippen molar-refractivity contribution in [3.63, 3.8) is 0 Å². The van der Waals surface area contributed by atoms with Gasteiger partial charge < -0.3 is 90.5 Å². The van der Waals surface area contributed by atoms with Crippen LogP contribution < -0.4 is 34.2 Å². The predicted octanol–water partition coefficient (Wildman–Crippen LogP) is 17.6. The van der Waals surface area contributed by atoms with Gasteiger partial charge in [0.1, 0.15) is 45.2 Å². The maximum Gasteiger partial charge on any atom is 0.358 e. The fraction of sp³-hybridized carbons (Fsp3) is 0.327. The van der Waals surface area contributed by atoms with Crippen LogP contribution in [0.25, 0.3) is 90.7 Å². The van der Waals surface area contributed by atoms with Crippen LogP contribution in [0.2, 0.25) is 0 Å². The number of anilines is 1. The van der Waals surface area contributed by atoms with Crippen molar-refractivity contribution in [1.82, 2.24) is 62.7 Å². The van der Waals surface area contributed by atoms with E-state index in [-0.39, 0.29) is 57.0 Å². The van der Waals surface area contributed by atoms with E-state index in [4.69, 9.17) is 82.6 Å². The molecule has 41 nitrogen and oxygen atoms in total. The summed E-state index contributed by atoms with van der Waals surface area (Å²) in [5.41, 5.74) is 27.8. The number of hydrogen-bond donors (Lipinski definition) is 2. The molecule has 0 amide bonds. The lowest BCUT2D eigenvalue weighted by atomic mass is 10.1. The highest BCUT2D eigenvalue weighted by Gasteiger charge is 2.32. The van der Waals surface area contributed by atoms with Crippen LogP contribution in [0.4, 0.5) is 28.4 Å². The summed E-state index contributed by atoms with van der Waals surface area (Å²) in [6.45, 7) is 21.7. The molecule has 0 fully saturated rings. The molecule has 0 saturated heterocycles. The van der Waals surface area contributed by atoms with Gasteiger partial charge in [0, 0.05) is 191 Å². The van der Waals surface area contributed by atoms with Crippen molar-refractivity contribution in [3.05, 3.63) is 269 Å². The minimum atomic E-state index is -1.15. The van der Waals surface area contributed by atoms with Gasteiger partial charge >= 0.3 is 34.7 Å². The molecule has 5 aliphatic heterocycles. The molecule has 43 heteroatoms. The number of nitrogens with two attached hydrogens (primary N) is 1. The zero-order valence-corrected chi connectivity index (χ0v) is 84.5. The van der Waals surface area contributed by atoms with Crippen LogP contribution >= 0.6 is 31.9 Å². The number of nitro groups is 4. The van der Waals surface area contributed by atoms with E-state index >= 15 is 0 Å². The second-order valence-electron chi connectivity index (χ2n) is 33.3. The SMILES string of the molecule is COC(=O)c1nc(-c2ccc([N+](=O)[O-])c(OC)c2)n2c1CCOCC2.COc1cc(-c2nc(-c3cc(C)nc(C)c3)c3n2CCOCC3)ccc1Br.COc1cc(-c2nc(-c3cc(C)nc(C)c3)c3n2CCOCC3)ccc1N.COc1cc(-c2nc(-c3cc(C)nc(C)c3)c3n2CCOCC3)ccc1[N+](=O)[O-].COc1cc(-c2nc(Br)c3n2CCOCC3)ccc1[N+](=O)[O-].COc1cc(C(=O)O)ccc1[N+](=O)[O-]. The number of nitro benzene ring substituents is 4. The highest BCUT2D eigenvalue weighted by atomic mass is 79.9. The van der Waals surface area contributed by atoms with Crippen LogP contribution in [0, 0.1) is 82.0 Å². The van der Waals surface area contributed by atoms with E-state index in [1.54, 1.807) is 50.6 Å². The van der Waals surface area contributed by atoms with E-state index in [2.05, 4.69) is 105 Å². The minimum absolute atomic E-state index is 0.0487. The van der Waals surface area contributed by atoms with Crippen molar-refractivity contribution in [2.24, 2.45) is 0 Å². The number of carbonyl (C=O) groups excluding carboxylic acids is 1. The molecule has 0 aliphatic carbocycles. The second-order valence-corrected chi connectivity index (χ2v) is 34.9. The zero-order valence-electron chi connectivity index (χ0n) is 81.4. The standard InChI is InChI=1S/C21H22BrN3O2.C21H22N4O4.C21H24N4O2.C16H17N3O6.C14H14BrN3O4.C8H7NO5/c1-13-10-16(11-14(2)23-13)20-18-6-8-27-9-7-25(18)21(24-20)15-4-5-17(22)19(12-15)26-3;1-13-10-16(11-14(2)22-13)20-18-6-8-29-9-7-24(18)21(23-20)15-4-5-17(25(26)27)19(12-15)28-3;1-13-10-16(11-14(2)23-13)20-18-6-8-27-9-7-25(18)21(24-20)15-4-5-17(22)19(12-15)26-3;1-23-13-9-10(3-4-11(13)19(21)22)15-17-14(16(20)24-2)12-5-7-25-8-6-18(12)15;1-21-12-8-9(2-3-10(12)18(19)20)14-16-13(15)11-4-6-22-7-5-17(11)14;1-14-7-4-5(8(10)11)2-3-6(7)9(12)13/h4-5,10-12H,6-9H2,1-3H3;4-5,10-12H,6-9H2,1-3H3;4-5,10-12H,6-9,22H2,1-3H3;3-4,9H,5-8H2,1-2H3;2-3,8H,4-7H2,1H3;2-4H,1H3,(H,10,11). The number of aromatic nitrogens is 13. The van der Waals surface area contributed by atoms with Crippen molar-refractivity contribution >= 4 is 72.2 Å². The molecule has 144 heavy (non-hydrogen) atoms. The molecule has 8 aromatic heterocycles. The zero-order chi connectivity index (χ0) is 103. The summed E-state index contributed by atoms with van der Waals surface area (Å²) in [5, 5.41) is 52.3. The summed E-state index contributed by atoms with van der Waals surface area (Å²) < 4.78 is 76.4. The highest BCUT2D eigenvalue weighted by molar-refractivity contribution is 9.10. The van der Waals surface area contributed by atoms with E-state index in [0.29, 0.717) is 115 Å². The van der Waals surface area contributed by atoms with Crippen molar-refractivity contribution in [3.8, 4) is 125 Å². The molecule has 5 aliphatic rings. The Balaban J connectivity index is 0.000000138. The van der Waals surface area contributed by atoms with Crippen molar-refractivity contribution < 1.29 is 91.2 Å². The number of fused-ring (bicyclic) bond motifs is 5. The summed E-state index contributed by atoms with van der Waals surface area (Å²) >= 11 is 7.01. The third kappa shape index (κ3) is 24.0. The van der Waals surface area contributed by atoms with Crippen molar-refractivity contribution in [1.29, 1.82) is 0 Å². The summed E-state index contributed by atoms with van der Waals surface area (Å²) in [7, 11) is 10.1. The Morgan fingerprint density at radius 1 is 0.333 bits per heavy atom. The van der Waals surface area contributed by atoms with Crippen LogP contribution in [0.15, 0.2) is 155 Å². The Kier molecular flexibility index (Phi) is 34.5. The highest BCUT2D eigenvalue weighted by Crippen LogP contribution is 2.43. The topological polar surface area (TPSA) is 491 Å². The van der Waals surface area contributed by atoms with Crippen molar-refractivity contribution in [2.45, 2.75) is 106 Å². The maximum absolute atomic E-state index is 12.1. The number of aromatic carboxylic acids is 1. The number of halogens is 2. The fourth-order valence-corrected chi connectivity index (χ4v) is 18.5. The lowest BCUT2D eigenvalue weighted by Gasteiger charge is -2.10. The number of carbonyl (C=O) groups is 2. The third-order valence-electron chi connectivity index (χ3n) is 23.9. The molecule has 752 valence electrons. The second kappa shape index (κ2) is 47.5. The monoisotopic (exact) mass is 2100 g/mol. The number of ether oxygens (including phenoxy) is 12. The number of aryl methyl sites for hydroxylation is 6. The number of carboxylic acids is 1. The number of benzene rings is 6. The van der Waals surface area contributed by atoms with Gasteiger partial charge in [-0.3, -0.25) is 55.4 Å². The van der Waals surface area contributed by atoms with E-state index < -0.39 is 31.6 Å². The Morgan fingerprint density at radius 2 is 0.611 bits per heavy atom. The number of esters is 1. The van der Waals surface area contributed by atoms with Gasteiger partial charge in [0.05, 0.1) is 180 Å². The molecule has 13 heterocycles. The smallest absolute Gasteiger partial charge is 0.358 e. The predicted molar refractivity (Wildman–Crippen MR) is 540 cm³/mol. The summed E-state index contributed by atoms with van der Waals surface area (Å²) in [6, 6.07) is 41.8. The molecule has 0 radical (unpaired) electrons. The number of rotatable bonds is 20. The van der Waals surface area contributed by atoms with E-state index in [1.165, 1.54) is 65.1 Å². The molecular formula is C101H106Br2N18O23. The van der Waals surface area contributed by atoms with Crippen LogP contribution in [0.5, 0.6) is 34.5 Å². The molecule has 0 unspecified atom stereocenters. The molecular weight excluding hydrogens is 1990 g/mol. The Bertz CT molecular complexity index is 6930. The lowest BCUT2D eigenvalue weighted by Crippen LogP contribution is -2.09. The van der Waals surface area contributed by atoms with Crippen molar-refractivity contribution in [2.75, 3.05) is 122 Å². The molecule has 0 spiro atoms. The number of methoxy groups -OCH3 is 7. The number of imidazole rings is 5. The molecule has 0 bridgehead atoms. The first-order valence-electron chi connectivity index (χ1n) is 45.6. The molecule has 3 N–H and O–H groups in total. The summed E-state index contributed by atoms with van der Waals surface area (Å²) in [5.74, 6) is 4.17. The molecule has 0 atom stereocenters. The first-order chi connectivity index (χ1) is 69.3. The normalized spacial score (nSPS) is 13.4. The summed E-state index contributed by atoms with van der Waals surface area (Å²) in [4.78, 5) is 102. The van der Waals surface area contributed by atoms with E-state index in [1.807, 2.05) is 88.6 Å². The lowest BCUT2D eigenvalue weighted by molar-refractivity contribution is -0.385. The Hall–Kier alpha value is -15.3. The third-order valence-corrected chi connectivity index (χ3v) is 25.2. The van der Waals surface area contributed by atoms with Gasteiger partial charge in [-0.25, -0.2) is 34.5 Å². The molecule has 0 saturated carbocycles. The van der Waals surface area contributed by atoms with Gasteiger partial charge in [0.25, 0.3) is 0 Å². The van der Waals surface area contributed by atoms with Gasteiger partial charge in [-0.2, -0.15) is 0 Å². The largest absolute Gasteiger partial charge is 0.496 e. The first-order valence-corrected chi connectivity index (χ1v) is 47.2. The number of nitrogens with zero attached hydrogens (tertiary/aromatic N) is 17. The van der Waals surface area contributed by atoms with Gasteiger partial charge in [-0.15, -0.1) is 0 Å². The number of carboxylic acid groups (broad SMARTS) is 1. The van der Waals surface area contributed by atoms with Gasteiger partial charge in [-0.1, -0.05) is 0 Å². The fourth-order valence-electron chi connectivity index (χ4n) is 17.5. The van der Waals surface area contributed by atoms with Gasteiger partial charge in [-0.05, 0) is 189 Å². The van der Waals surface area contributed by atoms with Gasteiger partial charge in [0.2, 0.25) is 0 Å².